The van der Waals surface area contributed by atoms with Gasteiger partial charge in [-0.25, -0.2) is 4.79 Å². The monoisotopic (exact) mass is 369 g/mol. The number of carbonyl (C=O) groups excluding carboxylic acids is 2. The van der Waals surface area contributed by atoms with Crippen LogP contribution in [0.1, 0.15) is 36.7 Å². The summed E-state index contributed by atoms with van der Waals surface area (Å²) in [6, 6.07) is 5.96. The summed E-state index contributed by atoms with van der Waals surface area (Å²) >= 11 is 0. The minimum Gasteiger partial charge on any atom is -0.444 e. The summed E-state index contributed by atoms with van der Waals surface area (Å²) in [6.07, 6.45) is 3.35. The number of ether oxygens (including phenoxy) is 1. The molecule has 2 aromatic rings. The second-order valence-electron chi connectivity index (χ2n) is 7.89. The standard InChI is InChI=1S/C21H27N3O3/c1-6-15-7-8-16-17(14-22(5)18(16)13-15)19(25)23-9-11-24(12-10-23)20(26)27-21(2,3)4/h6-8,13-14H,1,9-12H2,2-5H3. The molecule has 2 heterocycles. The SMILES string of the molecule is C=Cc1ccc2c(C(=O)N3CCN(C(=O)OC(C)(C)C)CC3)cn(C)c2c1. The normalized spacial score (nSPS) is 15.1. The van der Waals surface area contributed by atoms with Gasteiger partial charge in [0, 0.05) is 50.3 Å². The van der Waals surface area contributed by atoms with Crippen LogP contribution in [0, 0.1) is 0 Å². The molecule has 6 nitrogen and oxygen atoms in total. The lowest BCUT2D eigenvalue weighted by Gasteiger charge is -2.35. The van der Waals surface area contributed by atoms with Crippen molar-refractivity contribution in [3.8, 4) is 0 Å². The van der Waals surface area contributed by atoms with Gasteiger partial charge in [0.2, 0.25) is 0 Å². The van der Waals surface area contributed by atoms with Crippen LogP contribution in [0.3, 0.4) is 0 Å². The van der Waals surface area contributed by atoms with E-state index in [2.05, 4.69) is 6.58 Å². The third-order valence-electron chi connectivity index (χ3n) is 4.70. The number of amides is 2. The van der Waals surface area contributed by atoms with Crippen LogP contribution < -0.4 is 0 Å². The van der Waals surface area contributed by atoms with Crippen molar-refractivity contribution in [2.45, 2.75) is 26.4 Å². The maximum atomic E-state index is 13.0. The van der Waals surface area contributed by atoms with Gasteiger partial charge in [0.25, 0.3) is 5.91 Å². The summed E-state index contributed by atoms with van der Waals surface area (Å²) in [6.45, 7) is 11.3. The highest BCUT2D eigenvalue weighted by Crippen LogP contribution is 2.24. The molecule has 6 heteroatoms. The van der Waals surface area contributed by atoms with E-state index in [-0.39, 0.29) is 12.0 Å². The molecule has 1 aliphatic heterocycles. The smallest absolute Gasteiger partial charge is 0.410 e. The number of aryl methyl sites for hydroxylation is 1. The molecule has 0 radical (unpaired) electrons. The molecule has 0 N–H and O–H groups in total. The van der Waals surface area contributed by atoms with E-state index in [1.807, 2.05) is 56.8 Å². The summed E-state index contributed by atoms with van der Waals surface area (Å²) in [5.41, 5.74) is 2.20. The van der Waals surface area contributed by atoms with E-state index in [0.29, 0.717) is 31.7 Å². The lowest BCUT2D eigenvalue weighted by atomic mass is 10.1. The van der Waals surface area contributed by atoms with E-state index >= 15 is 0 Å². The average molecular weight is 369 g/mol. The zero-order valence-electron chi connectivity index (χ0n) is 16.5. The Morgan fingerprint density at radius 1 is 1.11 bits per heavy atom. The molecule has 27 heavy (non-hydrogen) atoms. The fourth-order valence-corrected chi connectivity index (χ4v) is 3.29. The second-order valence-corrected chi connectivity index (χ2v) is 7.89. The van der Waals surface area contributed by atoms with Gasteiger partial charge in [-0.2, -0.15) is 0 Å². The summed E-state index contributed by atoms with van der Waals surface area (Å²) in [5, 5.41) is 0.933. The first-order chi connectivity index (χ1) is 12.7. The first kappa shape index (κ1) is 19.0. The number of carbonyl (C=O) groups is 2. The predicted molar refractivity (Wildman–Crippen MR) is 107 cm³/mol. The van der Waals surface area contributed by atoms with E-state index in [1.165, 1.54) is 0 Å². The largest absolute Gasteiger partial charge is 0.444 e. The van der Waals surface area contributed by atoms with Gasteiger partial charge in [0.05, 0.1) is 5.56 Å². The summed E-state index contributed by atoms with van der Waals surface area (Å²) in [5.74, 6) is -0.00390. The number of fused-ring (bicyclic) bond motifs is 1. The molecule has 1 aromatic carbocycles. The molecule has 1 aromatic heterocycles. The van der Waals surface area contributed by atoms with Crippen LogP contribution in [0.2, 0.25) is 0 Å². The molecule has 0 aliphatic carbocycles. The van der Waals surface area contributed by atoms with E-state index in [0.717, 1.165) is 16.5 Å². The number of aromatic nitrogens is 1. The van der Waals surface area contributed by atoms with Crippen molar-refractivity contribution in [3.63, 3.8) is 0 Å². The third-order valence-corrected chi connectivity index (χ3v) is 4.70. The summed E-state index contributed by atoms with van der Waals surface area (Å²) < 4.78 is 7.38. The van der Waals surface area contributed by atoms with Crippen molar-refractivity contribution in [3.05, 3.63) is 42.1 Å². The van der Waals surface area contributed by atoms with Crippen molar-refractivity contribution >= 4 is 29.0 Å². The zero-order valence-corrected chi connectivity index (χ0v) is 16.5. The molecule has 0 saturated carbocycles. The van der Waals surface area contributed by atoms with Gasteiger partial charge in [0.15, 0.2) is 0 Å². The summed E-state index contributed by atoms with van der Waals surface area (Å²) in [4.78, 5) is 28.7. The zero-order chi connectivity index (χ0) is 19.8. The van der Waals surface area contributed by atoms with E-state index in [1.54, 1.807) is 15.9 Å². The van der Waals surface area contributed by atoms with Crippen LogP contribution >= 0.6 is 0 Å². The number of hydrogen-bond donors (Lipinski definition) is 0. The van der Waals surface area contributed by atoms with E-state index in [4.69, 9.17) is 4.74 Å². The van der Waals surface area contributed by atoms with Crippen LogP contribution in [-0.2, 0) is 11.8 Å². The molecule has 144 valence electrons. The van der Waals surface area contributed by atoms with Crippen molar-refractivity contribution in [1.82, 2.24) is 14.4 Å². The third kappa shape index (κ3) is 3.99. The number of nitrogens with zero attached hydrogens (tertiary/aromatic N) is 3. The van der Waals surface area contributed by atoms with Gasteiger partial charge in [0.1, 0.15) is 5.60 Å². The number of rotatable bonds is 2. The fraction of sp³-hybridized carbons (Fsp3) is 0.429. The van der Waals surface area contributed by atoms with Crippen LogP contribution in [0.4, 0.5) is 4.79 Å². The number of benzene rings is 1. The van der Waals surface area contributed by atoms with Gasteiger partial charge < -0.3 is 19.1 Å². The van der Waals surface area contributed by atoms with Gasteiger partial charge in [-0.3, -0.25) is 4.79 Å². The minimum atomic E-state index is -0.517. The van der Waals surface area contributed by atoms with Crippen molar-refractivity contribution in [2.24, 2.45) is 7.05 Å². The number of piperazine rings is 1. The molecule has 1 saturated heterocycles. The van der Waals surface area contributed by atoms with Gasteiger partial charge in [-0.15, -0.1) is 0 Å². The first-order valence-electron chi connectivity index (χ1n) is 9.18. The molecule has 3 rings (SSSR count). The molecule has 0 spiro atoms. The second kappa shape index (κ2) is 7.10. The molecule has 0 bridgehead atoms. The quantitative estimate of drug-likeness (QED) is 0.814. The average Bonchev–Trinajstić information content (AvgIpc) is 2.96. The van der Waals surface area contributed by atoms with Gasteiger partial charge >= 0.3 is 6.09 Å². The lowest BCUT2D eigenvalue weighted by Crippen LogP contribution is -2.51. The highest BCUT2D eigenvalue weighted by atomic mass is 16.6. The maximum absolute atomic E-state index is 13.0. The Labute approximate surface area is 160 Å². The Kier molecular flexibility index (Phi) is 5.00. The Morgan fingerprint density at radius 3 is 2.33 bits per heavy atom. The minimum absolute atomic E-state index is 0.00390. The highest BCUT2D eigenvalue weighted by Gasteiger charge is 2.29. The summed E-state index contributed by atoms with van der Waals surface area (Å²) in [7, 11) is 1.94. The van der Waals surface area contributed by atoms with Crippen LogP contribution in [0.15, 0.2) is 31.0 Å². The van der Waals surface area contributed by atoms with E-state index < -0.39 is 5.60 Å². The molecule has 1 aliphatic rings. The molecule has 0 atom stereocenters. The van der Waals surface area contributed by atoms with Gasteiger partial charge in [-0.1, -0.05) is 24.8 Å². The van der Waals surface area contributed by atoms with Crippen LogP contribution in [0.5, 0.6) is 0 Å². The Balaban J connectivity index is 1.72. The topological polar surface area (TPSA) is 54.8 Å². The maximum Gasteiger partial charge on any atom is 0.410 e. The van der Waals surface area contributed by atoms with Crippen molar-refractivity contribution in [2.75, 3.05) is 26.2 Å². The first-order valence-corrected chi connectivity index (χ1v) is 9.18. The lowest BCUT2D eigenvalue weighted by molar-refractivity contribution is 0.0141. The molecule has 1 fully saturated rings. The highest BCUT2D eigenvalue weighted by molar-refractivity contribution is 6.07. The Bertz CT molecular complexity index is 884. The molecule has 2 amide bonds. The predicted octanol–water partition coefficient (Wildman–Crippen LogP) is 3.51. The Morgan fingerprint density at radius 2 is 1.74 bits per heavy atom. The van der Waals surface area contributed by atoms with Crippen molar-refractivity contribution in [1.29, 1.82) is 0 Å². The van der Waals surface area contributed by atoms with Crippen LogP contribution in [0.25, 0.3) is 17.0 Å². The Hall–Kier alpha value is -2.76. The molecular weight excluding hydrogens is 342 g/mol. The van der Waals surface area contributed by atoms with E-state index in [9.17, 15) is 9.59 Å². The van der Waals surface area contributed by atoms with Crippen LogP contribution in [-0.4, -0.2) is 58.1 Å². The molecule has 0 unspecified atom stereocenters. The molecular formula is C21H27N3O3. The van der Waals surface area contributed by atoms with Crippen molar-refractivity contribution < 1.29 is 14.3 Å². The van der Waals surface area contributed by atoms with Gasteiger partial charge in [-0.05, 0) is 32.4 Å². The fourth-order valence-electron chi connectivity index (χ4n) is 3.29. The number of hydrogen-bond acceptors (Lipinski definition) is 3.